The van der Waals surface area contributed by atoms with Gasteiger partial charge in [0.25, 0.3) is 5.91 Å². The van der Waals surface area contributed by atoms with E-state index in [-0.39, 0.29) is 24.3 Å². The zero-order valence-corrected chi connectivity index (χ0v) is 21.4. The van der Waals surface area contributed by atoms with Crippen molar-refractivity contribution in [2.75, 3.05) is 11.9 Å². The Morgan fingerprint density at radius 2 is 2.03 bits per heavy atom. The number of rotatable bonds is 6. The lowest BCUT2D eigenvalue weighted by atomic mass is 10.1. The van der Waals surface area contributed by atoms with Crippen LogP contribution in [0.4, 0.5) is 11.4 Å². The van der Waals surface area contributed by atoms with Gasteiger partial charge in [-0.15, -0.1) is 0 Å². The maximum atomic E-state index is 12.6. The number of amidine groups is 1. The Hall–Kier alpha value is -3.69. The van der Waals surface area contributed by atoms with Crippen molar-refractivity contribution in [3.63, 3.8) is 0 Å². The van der Waals surface area contributed by atoms with Crippen molar-refractivity contribution >= 4 is 74.7 Å². The number of thioether (sulfide) groups is 1. The van der Waals surface area contributed by atoms with Gasteiger partial charge in [-0.2, -0.15) is 0 Å². The van der Waals surface area contributed by atoms with Crippen LogP contribution in [-0.2, 0) is 14.3 Å². The van der Waals surface area contributed by atoms with Crippen LogP contribution in [-0.4, -0.2) is 34.5 Å². The molecule has 1 fully saturated rings. The number of ether oxygens (including phenoxy) is 1. The Kier molecular flexibility index (Phi) is 7.71. The lowest BCUT2D eigenvalue weighted by molar-refractivity contribution is -0.119. The number of hydrogen-bond donors (Lipinski definition) is 2. The number of nitrogens with one attached hydrogen (secondary N) is 2. The normalized spacial score (nSPS) is 15.5. The molecule has 184 valence electrons. The van der Waals surface area contributed by atoms with Crippen LogP contribution in [0, 0.1) is 5.92 Å². The second kappa shape index (κ2) is 10.9. The van der Waals surface area contributed by atoms with Gasteiger partial charge in [0.05, 0.1) is 33.3 Å². The minimum absolute atomic E-state index is 0.121. The number of pyridine rings is 1. The molecule has 0 radical (unpaired) electrons. The Morgan fingerprint density at radius 3 is 2.78 bits per heavy atom. The zero-order valence-electron chi connectivity index (χ0n) is 19.8. The lowest BCUT2D eigenvalue weighted by Gasteiger charge is -2.09. The molecule has 0 aliphatic carbocycles. The number of carbonyl (C=O) groups is 3. The predicted octanol–water partition coefficient (Wildman–Crippen LogP) is 5.55. The maximum absolute atomic E-state index is 12.6. The summed E-state index contributed by atoms with van der Waals surface area (Å²) >= 11 is 7.47. The second-order valence-corrected chi connectivity index (χ2v) is 9.63. The lowest BCUT2D eigenvalue weighted by Crippen LogP contribution is -2.19. The molecule has 36 heavy (non-hydrogen) atoms. The number of halogens is 1. The van der Waals surface area contributed by atoms with Gasteiger partial charge in [-0.1, -0.05) is 31.5 Å². The van der Waals surface area contributed by atoms with Gasteiger partial charge in [-0.3, -0.25) is 14.6 Å². The minimum atomic E-state index is -0.436. The van der Waals surface area contributed by atoms with Crippen LogP contribution in [0.2, 0.25) is 5.02 Å². The zero-order chi connectivity index (χ0) is 25.8. The fraction of sp³-hybridized carbons (Fsp3) is 0.192. The Labute approximate surface area is 217 Å². The van der Waals surface area contributed by atoms with Crippen molar-refractivity contribution in [3.8, 4) is 0 Å². The average Bonchev–Trinajstić information content (AvgIpc) is 3.19. The highest BCUT2D eigenvalue weighted by atomic mass is 35.5. The number of aromatic nitrogens is 1. The highest BCUT2D eigenvalue weighted by molar-refractivity contribution is 8.18. The fourth-order valence-electron chi connectivity index (χ4n) is 3.27. The van der Waals surface area contributed by atoms with Crippen molar-refractivity contribution < 1.29 is 19.1 Å². The highest BCUT2D eigenvalue weighted by Gasteiger charge is 2.24. The smallest absolute Gasteiger partial charge is 0.339 e. The van der Waals surface area contributed by atoms with E-state index in [1.807, 2.05) is 18.2 Å². The molecule has 3 aromatic rings. The van der Waals surface area contributed by atoms with Gasteiger partial charge >= 0.3 is 5.97 Å². The first kappa shape index (κ1) is 25.4. The summed E-state index contributed by atoms with van der Waals surface area (Å²) in [6, 6.07) is 12.2. The van der Waals surface area contributed by atoms with Gasteiger partial charge in [-0.25, -0.2) is 9.79 Å². The second-order valence-electron chi connectivity index (χ2n) is 8.19. The van der Waals surface area contributed by atoms with E-state index in [1.165, 1.54) is 18.0 Å². The number of anilines is 1. The van der Waals surface area contributed by atoms with Crippen LogP contribution in [0.3, 0.4) is 0 Å². The van der Waals surface area contributed by atoms with Crippen LogP contribution in [0.5, 0.6) is 0 Å². The standard InChI is InChI=1S/C26H23ClN4O4S/c1-4-35-25(34)17-11-16-9-15(5-8-20(16)28-13-17)10-22-24(33)31-26(36-22)30-21-12-18(6-7-19(21)27)29-23(32)14(2)3/h5-14H,4H2,1-3H3,(H,29,32)(H,30,31,33). The first-order valence-corrected chi connectivity index (χ1v) is 12.4. The molecule has 1 aliphatic rings. The number of amides is 2. The molecule has 0 unspecified atom stereocenters. The van der Waals surface area contributed by atoms with E-state index in [9.17, 15) is 14.4 Å². The van der Waals surface area contributed by atoms with Gasteiger partial charge in [0.15, 0.2) is 5.17 Å². The molecule has 1 aliphatic heterocycles. The van der Waals surface area contributed by atoms with Crippen LogP contribution < -0.4 is 10.6 Å². The summed E-state index contributed by atoms with van der Waals surface area (Å²) in [5, 5.41) is 7.05. The molecule has 4 rings (SSSR count). The van der Waals surface area contributed by atoms with E-state index in [1.54, 1.807) is 51.1 Å². The maximum Gasteiger partial charge on any atom is 0.339 e. The molecule has 0 bridgehead atoms. The van der Waals surface area contributed by atoms with Gasteiger partial charge in [0.2, 0.25) is 5.91 Å². The molecule has 2 heterocycles. The summed E-state index contributed by atoms with van der Waals surface area (Å²) in [5.74, 6) is -1.02. The third kappa shape index (κ3) is 5.92. The van der Waals surface area contributed by atoms with E-state index >= 15 is 0 Å². The number of esters is 1. The van der Waals surface area contributed by atoms with Crippen molar-refractivity contribution in [1.82, 2.24) is 10.3 Å². The first-order valence-electron chi connectivity index (χ1n) is 11.2. The van der Waals surface area contributed by atoms with Crippen LogP contribution in [0.15, 0.2) is 58.6 Å². The summed E-state index contributed by atoms with van der Waals surface area (Å²) in [6.07, 6.45) is 3.22. The van der Waals surface area contributed by atoms with Crippen LogP contribution in [0.1, 0.15) is 36.7 Å². The number of benzene rings is 2. The SMILES string of the molecule is CCOC(=O)c1cnc2ccc(C=C3SC(=Nc4cc(NC(=O)C(C)C)ccc4Cl)NC3=O)cc2c1. The van der Waals surface area contributed by atoms with Gasteiger partial charge < -0.3 is 15.4 Å². The largest absolute Gasteiger partial charge is 0.462 e. The summed E-state index contributed by atoms with van der Waals surface area (Å²) in [6.45, 7) is 5.63. The predicted molar refractivity (Wildman–Crippen MR) is 143 cm³/mol. The Morgan fingerprint density at radius 1 is 1.22 bits per heavy atom. The van der Waals surface area contributed by atoms with Gasteiger partial charge in [0.1, 0.15) is 0 Å². The summed E-state index contributed by atoms with van der Waals surface area (Å²) in [7, 11) is 0. The average molecular weight is 523 g/mol. The third-order valence-electron chi connectivity index (χ3n) is 5.13. The van der Waals surface area contributed by atoms with Crippen molar-refractivity contribution in [2.45, 2.75) is 20.8 Å². The molecule has 2 N–H and O–H groups in total. The Bertz CT molecular complexity index is 1430. The number of fused-ring (bicyclic) bond motifs is 1. The number of aliphatic imine (C=N–C) groups is 1. The van der Waals surface area contributed by atoms with Crippen molar-refractivity contribution in [2.24, 2.45) is 10.9 Å². The molecule has 2 amide bonds. The quantitative estimate of drug-likeness (QED) is 0.324. The van der Waals surface area contributed by atoms with E-state index < -0.39 is 5.97 Å². The summed E-state index contributed by atoms with van der Waals surface area (Å²) in [4.78, 5) is 45.9. The monoisotopic (exact) mass is 522 g/mol. The first-order chi connectivity index (χ1) is 17.2. The molecule has 0 spiro atoms. The van der Waals surface area contributed by atoms with Gasteiger partial charge in [-0.05, 0) is 66.7 Å². The molecule has 8 nitrogen and oxygen atoms in total. The van der Waals surface area contributed by atoms with Crippen molar-refractivity contribution in [3.05, 3.63) is 69.7 Å². The molecule has 10 heteroatoms. The fourth-order valence-corrected chi connectivity index (χ4v) is 4.26. The third-order valence-corrected chi connectivity index (χ3v) is 6.35. The minimum Gasteiger partial charge on any atom is -0.462 e. The van der Waals surface area contributed by atoms with Crippen LogP contribution >= 0.6 is 23.4 Å². The summed E-state index contributed by atoms with van der Waals surface area (Å²) < 4.78 is 5.04. The number of carbonyl (C=O) groups excluding carboxylic acids is 3. The Balaban J connectivity index is 1.57. The molecule has 1 saturated heterocycles. The molecule has 1 aromatic heterocycles. The highest BCUT2D eigenvalue weighted by Crippen LogP contribution is 2.33. The number of nitrogens with zero attached hydrogens (tertiary/aromatic N) is 2. The van der Waals surface area contributed by atoms with Gasteiger partial charge in [0, 0.05) is 23.2 Å². The van der Waals surface area contributed by atoms with E-state index in [4.69, 9.17) is 16.3 Å². The van der Waals surface area contributed by atoms with E-state index in [2.05, 4.69) is 20.6 Å². The number of hydrogen-bond acceptors (Lipinski definition) is 7. The molecular weight excluding hydrogens is 500 g/mol. The molecule has 0 saturated carbocycles. The van der Waals surface area contributed by atoms with E-state index in [0.29, 0.717) is 32.0 Å². The van der Waals surface area contributed by atoms with E-state index in [0.717, 1.165) is 16.5 Å². The summed E-state index contributed by atoms with van der Waals surface area (Å²) in [5.41, 5.74) is 2.83. The van der Waals surface area contributed by atoms with Crippen LogP contribution in [0.25, 0.3) is 17.0 Å². The van der Waals surface area contributed by atoms with Crippen molar-refractivity contribution in [1.29, 1.82) is 0 Å². The topological polar surface area (TPSA) is 110 Å². The molecule has 0 atom stereocenters. The molecular formula is C26H23ClN4O4S. The molecule has 2 aromatic carbocycles.